The summed E-state index contributed by atoms with van der Waals surface area (Å²) in [5.41, 5.74) is 13.5. The SMILES string of the molecule is O=C(OCCCCCCCCOC(=O)c1ccc2c(c1)-c1ccccc1C2=NN(c1ccccc1)c1nnnn1Cc1ccccc1)c1ccc2c(c1)-c1ccccc1C2=NN(c1ccccc1)c1nnnn1Cc1ccccc1. The predicted molar refractivity (Wildman–Crippen MR) is 307 cm³/mol. The number of carbonyl (C=O) groups is 2. The molecule has 16 nitrogen and oxygen atoms in total. The van der Waals surface area contributed by atoms with Crippen molar-refractivity contribution >= 4 is 46.6 Å². The molecule has 2 aliphatic rings. The zero-order chi connectivity index (χ0) is 54.0. The van der Waals surface area contributed by atoms with Gasteiger partial charge in [-0.15, -0.1) is 0 Å². The van der Waals surface area contributed by atoms with Crippen molar-refractivity contribution in [3.63, 3.8) is 0 Å². The number of rotatable bonds is 21. The van der Waals surface area contributed by atoms with Crippen LogP contribution in [0.3, 0.4) is 0 Å². The van der Waals surface area contributed by atoms with Crippen molar-refractivity contribution < 1.29 is 19.1 Å². The zero-order valence-electron chi connectivity index (χ0n) is 43.7. The molecule has 2 aromatic heterocycles. The molecular weight excluding hydrogens is 1000 g/mol. The van der Waals surface area contributed by atoms with Gasteiger partial charge in [-0.05, 0) is 116 Å². The average Bonchev–Trinajstić information content (AvgIpc) is 4.38. The molecule has 0 unspecified atom stereocenters. The van der Waals surface area contributed by atoms with Crippen molar-refractivity contribution in [3.8, 4) is 22.3 Å². The van der Waals surface area contributed by atoms with Gasteiger partial charge in [0.2, 0.25) is 0 Å². The molecule has 2 aliphatic carbocycles. The van der Waals surface area contributed by atoms with E-state index < -0.39 is 0 Å². The number of benzene rings is 8. The number of nitrogens with zero attached hydrogens (tertiary/aromatic N) is 12. The first-order valence-electron chi connectivity index (χ1n) is 26.8. The minimum absolute atomic E-state index is 0.319. The third kappa shape index (κ3) is 10.9. The Hall–Kier alpha value is -10.2. The van der Waals surface area contributed by atoms with Gasteiger partial charge in [0.25, 0.3) is 11.9 Å². The lowest BCUT2D eigenvalue weighted by Crippen LogP contribution is -2.19. The Balaban J connectivity index is 0.633. The Morgan fingerprint density at radius 1 is 0.388 bits per heavy atom. The first-order valence-corrected chi connectivity index (χ1v) is 26.8. The number of unbranched alkanes of at least 4 members (excludes halogenated alkanes) is 5. The van der Waals surface area contributed by atoms with E-state index in [1.807, 2.05) is 194 Å². The lowest BCUT2D eigenvalue weighted by Gasteiger charge is -2.19. The van der Waals surface area contributed by atoms with Gasteiger partial charge in [-0.25, -0.2) is 19.0 Å². The minimum atomic E-state index is -0.367. The Labute approximate surface area is 462 Å². The molecule has 2 heterocycles. The molecule has 0 amide bonds. The highest BCUT2D eigenvalue weighted by molar-refractivity contribution is 6.26. The maximum atomic E-state index is 13.5. The Bertz CT molecular complexity index is 3610. The van der Waals surface area contributed by atoms with Crippen LogP contribution in [0.2, 0.25) is 0 Å². The van der Waals surface area contributed by atoms with Crippen molar-refractivity contribution in [2.24, 2.45) is 10.2 Å². The summed E-state index contributed by atoms with van der Waals surface area (Å²) in [6.07, 6.45) is 5.25. The van der Waals surface area contributed by atoms with Crippen LogP contribution in [0.5, 0.6) is 0 Å². The van der Waals surface area contributed by atoms with Crippen molar-refractivity contribution in [3.05, 3.63) is 251 Å². The highest BCUT2D eigenvalue weighted by Crippen LogP contribution is 2.41. The lowest BCUT2D eigenvalue weighted by molar-refractivity contribution is 0.0484. The van der Waals surface area contributed by atoms with Gasteiger partial charge >= 0.3 is 11.9 Å². The fourth-order valence-corrected chi connectivity index (χ4v) is 10.2. The van der Waals surface area contributed by atoms with E-state index >= 15 is 0 Å². The van der Waals surface area contributed by atoms with Crippen LogP contribution in [0, 0.1) is 0 Å². The number of para-hydroxylation sites is 2. The highest BCUT2D eigenvalue weighted by Gasteiger charge is 2.31. The summed E-state index contributed by atoms with van der Waals surface area (Å²) in [5.74, 6) is 0.193. The molecule has 0 radical (unpaired) electrons. The van der Waals surface area contributed by atoms with Gasteiger partial charge in [-0.2, -0.15) is 20.2 Å². The number of anilines is 4. The summed E-state index contributed by atoms with van der Waals surface area (Å²) in [6.45, 7) is 1.56. The Kier molecular flexibility index (Phi) is 14.9. The van der Waals surface area contributed by atoms with Crippen LogP contribution >= 0.6 is 0 Å². The maximum absolute atomic E-state index is 13.5. The summed E-state index contributed by atoms with van der Waals surface area (Å²) in [7, 11) is 0. The fraction of sp³-hybridized carbons (Fsp3) is 0.156. The smallest absolute Gasteiger partial charge is 0.338 e. The molecule has 10 aromatic rings. The van der Waals surface area contributed by atoms with E-state index in [9.17, 15) is 9.59 Å². The van der Waals surface area contributed by atoms with Crippen molar-refractivity contribution in [2.45, 2.75) is 51.6 Å². The summed E-state index contributed by atoms with van der Waals surface area (Å²) >= 11 is 0. The highest BCUT2D eigenvalue weighted by atomic mass is 16.5. The van der Waals surface area contributed by atoms with Gasteiger partial charge in [0.1, 0.15) is 0 Å². The van der Waals surface area contributed by atoms with Crippen LogP contribution in [0.4, 0.5) is 23.3 Å². The van der Waals surface area contributed by atoms with E-state index in [4.69, 9.17) is 19.7 Å². The van der Waals surface area contributed by atoms with Crippen LogP contribution in [0.25, 0.3) is 22.3 Å². The third-order valence-corrected chi connectivity index (χ3v) is 14.1. The topological polar surface area (TPSA) is 171 Å². The molecule has 0 atom stereocenters. The molecule has 0 spiro atoms. The number of tetrazole rings is 2. The molecule has 0 saturated carbocycles. The second-order valence-electron chi connectivity index (χ2n) is 19.4. The van der Waals surface area contributed by atoms with Crippen LogP contribution in [-0.4, -0.2) is 77.0 Å². The van der Waals surface area contributed by atoms with Gasteiger partial charge in [-0.1, -0.05) is 194 Å². The zero-order valence-corrected chi connectivity index (χ0v) is 43.7. The van der Waals surface area contributed by atoms with Gasteiger partial charge in [0, 0.05) is 22.3 Å². The molecule has 0 fully saturated rings. The standard InChI is InChI=1S/C64H54N12O4/c77-61(47-35-37-55-57(41-47)51-31-17-19-33-53(51)59(55)67-75(49-27-13-7-14-28-49)63-65-69-71-73(63)43-45-23-9-5-10-24-45)79-39-21-3-1-2-4-22-40-80-62(78)48-36-38-56-58(42-48)52-32-18-20-34-54(52)60(56)68-76(50-29-15-8-16-30-50)64-66-70-72-74(64)44-46-25-11-6-12-26-46/h5-20,23-38,41-42H,1-4,21-22,39-40,43-44H2. The number of esters is 2. The summed E-state index contributed by atoms with van der Waals surface area (Å²) < 4.78 is 15.1. The van der Waals surface area contributed by atoms with Crippen LogP contribution < -0.4 is 10.0 Å². The monoisotopic (exact) mass is 1050 g/mol. The quantitative estimate of drug-likeness (QED) is 0.0379. The summed E-state index contributed by atoms with van der Waals surface area (Å²) in [4.78, 5) is 27.0. The predicted octanol–water partition coefficient (Wildman–Crippen LogP) is 12.3. The second kappa shape index (κ2) is 23.6. The van der Waals surface area contributed by atoms with E-state index in [-0.39, 0.29) is 11.9 Å². The minimum Gasteiger partial charge on any atom is -0.462 e. The molecule has 0 N–H and O–H groups in total. The molecule has 0 saturated heterocycles. The third-order valence-electron chi connectivity index (χ3n) is 14.1. The number of hydrogen-bond acceptors (Lipinski definition) is 14. The number of aromatic nitrogens is 8. The van der Waals surface area contributed by atoms with Gasteiger partial charge in [0.15, 0.2) is 0 Å². The van der Waals surface area contributed by atoms with Crippen LogP contribution in [-0.2, 0) is 22.6 Å². The van der Waals surface area contributed by atoms with Crippen molar-refractivity contribution in [1.29, 1.82) is 0 Å². The Morgan fingerprint density at radius 2 is 0.738 bits per heavy atom. The fourth-order valence-electron chi connectivity index (χ4n) is 10.2. The maximum Gasteiger partial charge on any atom is 0.338 e. The number of carbonyl (C=O) groups excluding carboxylic acids is 2. The van der Waals surface area contributed by atoms with E-state index in [0.29, 0.717) is 49.3 Å². The van der Waals surface area contributed by atoms with Crippen molar-refractivity contribution in [1.82, 2.24) is 40.4 Å². The first kappa shape index (κ1) is 50.6. The van der Waals surface area contributed by atoms with E-state index in [0.717, 1.165) is 117 Å². The van der Waals surface area contributed by atoms with Crippen LogP contribution in [0.15, 0.2) is 216 Å². The molecule has 0 aliphatic heterocycles. The normalized spacial score (nSPS) is 12.9. The van der Waals surface area contributed by atoms with Gasteiger partial charge < -0.3 is 9.47 Å². The summed E-state index contributed by atoms with van der Waals surface area (Å²) in [5, 5.41) is 39.7. The van der Waals surface area contributed by atoms with E-state index in [2.05, 4.69) is 31.1 Å². The molecule has 16 heteroatoms. The average molecular weight is 1060 g/mol. The molecule has 8 aromatic carbocycles. The second-order valence-corrected chi connectivity index (χ2v) is 19.4. The molecule has 12 rings (SSSR count). The van der Waals surface area contributed by atoms with E-state index in [1.54, 1.807) is 31.5 Å². The Morgan fingerprint density at radius 3 is 1.15 bits per heavy atom. The van der Waals surface area contributed by atoms with Crippen molar-refractivity contribution in [2.75, 3.05) is 23.2 Å². The van der Waals surface area contributed by atoms with Gasteiger partial charge in [0.05, 0.1) is 60.2 Å². The first-order chi connectivity index (χ1) is 39.5. The summed E-state index contributed by atoms with van der Waals surface area (Å²) in [6, 6.07) is 67.1. The van der Waals surface area contributed by atoms with Crippen LogP contribution in [0.1, 0.15) is 92.6 Å². The van der Waals surface area contributed by atoms with Gasteiger partial charge in [-0.3, -0.25) is 0 Å². The largest absolute Gasteiger partial charge is 0.462 e. The lowest BCUT2D eigenvalue weighted by atomic mass is 10.0. The molecule has 0 bridgehead atoms. The number of hydrogen-bond donors (Lipinski definition) is 0. The molecule has 394 valence electrons. The molecule has 80 heavy (non-hydrogen) atoms. The molecular formula is C64H54N12O4. The number of hydrazone groups is 2. The number of ether oxygens (including phenoxy) is 2. The van der Waals surface area contributed by atoms with E-state index in [1.165, 1.54) is 0 Å². The number of fused-ring (bicyclic) bond motifs is 6.